The van der Waals surface area contributed by atoms with Crippen LogP contribution in [-0.2, 0) is 14.1 Å². The van der Waals surface area contributed by atoms with Gasteiger partial charge in [-0.25, -0.2) is 0 Å². The van der Waals surface area contributed by atoms with Crippen LogP contribution in [0.15, 0.2) is 24.3 Å². The maximum absolute atomic E-state index is 11.0. The molecule has 1 aliphatic carbocycles. The van der Waals surface area contributed by atoms with Crippen molar-refractivity contribution in [1.29, 1.82) is 0 Å². The molecular weight excluding hydrogens is 241 g/mol. The van der Waals surface area contributed by atoms with Crippen molar-refractivity contribution in [3.63, 3.8) is 0 Å². The van der Waals surface area contributed by atoms with Crippen molar-refractivity contribution in [2.24, 2.45) is 0 Å². The van der Waals surface area contributed by atoms with Crippen LogP contribution in [-0.4, -0.2) is 24.2 Å². The molecule has 4 nitrogen and oxygen atoms in total. The van der Waals surface area contributed by atoms with Crippen LogP contribution in [0.2, 0.25) is 0 Å². The highest BCUT2D eigenvalue weighted by Gasteiger charge is 2.63. The normalized spacial score (nSPS) is 32.7. The Morgan fingerprint density at radius 3 is 2.11 bits per heavy atom. The van der Waals surface area contributed by atoms with Gasteiger partial charge in [0.05, 0.1) is 11.2 Å². The SMILES string of the molecule is CC(=O)Nc1ccc(B2OC3(C)CCC3(C)O2)cc1. The van der Waals surface area contributed by atoms with Crippen LogP contribution >= 0.6 is 0 Å². The van der Waals surface area contributed by atoms with Gasteiger partial charge in [-0.2, -0.15) is 0 Å². The molecule has 1 saturated carbocycles. The van der Waals surface area contributed by atoms with Crippen molar-refractivity contribution >= 4 is 24.2 Å². The second kappa shape index (κ2) is 4.08. The first kappa shape index (κ1) is 12.7. The highest BCUT2D eigenvalue weighted by atomic mass is 16.7. The zero-order chi connectivity index (χ0) is 13.7. The third-order valence-corrected chi connectivity index (χ3v) is 4.44. The van der Waals surface area contributed by atoms with Crippen molar-refractivity contribution in [2.75, 3.05) is 5.32 Å². The summed E-state index contributed by atoms with van der Waals surface area (Å²) in [4.78, 5) is 11.0. The molecule has 1 N–H and O–H groups in total. The zero-order valence-corrected chi connectivity index (χ0v) is 11.5. The van der Waals surface area contributed by atoms with Gasteiger partial charge in [-0.3, -0.25) is 4.79 Å². The number of rotatable bonds is 2. The fourth-order valence-electron chi connectivity index (χ4n) is 2.76. The molecule has 1 saturated heterocycles. The van der Waals surface area contributed by atoms with Gasteiger partial charge < -0.3 is 14.6 Å². The highest BCUT2D eigenvalue weighted by molar-refractivity contribution is 6.62. The number of hydrogen-bond acceptors (Lipinski definition) is 3. The van der Waals surface area contributed by atoms with E-state index in [4.69, 9.17) is 9.31 Å². The number of anilines is 1. The predicted molar refractivity (Wildman–Crippen MR) is 74.3 cm³/mol. The van der Waals surface area contributed by atoms with Gasteiger partial charge in [0.1, 0.15) is 0 Å². The van der Waals surface area contributed by atoms with E-state index in [0.29, 0.717) is 0 Å². The van der Waals surface area contributed by atoms with Crippen LogP contribution in [0.25, 0.3) is 0 Å². The highest BCUT2D eigenvalue weighted by Crippen LogP contribution is 2.52. The third kappa shape index (κ3) is 1.97. The number of carbonyl (C=O) groups is 1. The van der Waals surface area contributed by atoms with E-state index in [0.717, 1.165) is 24.0 Å². The lowest BCUT2D eigenvalue weighted by Gasteiger charge is -2.49. The van der Waals surface area contributed by atoms with Gasteiger partial charge in [-0.15, -0.1) is 0 Å². The monoisotopic (exact) mass is 259 g/mol. The molecule has 1 aromatic rings. The second-order valence-electron chi connectivity index (χ2n) is 5.83. The topological polar surface area (TPSA) is 47.6 Å². The van der Waals surface area contributed by atoms with E-state index in [1.165, 1.54) is 6.92 Å². The van der Waals surface area contributed by atoms with Crippen molar-refractivity contribution in [3.8, 4) is 0 Å². The molecule has 5 heteroatoms. The van der Waals surface area contributed by atoms with E-state index in [9.17, 15) is 4.79 Å². The van der Waals surface area contributed by atoms with Gasteiger partial charge in [0.15, 0.2) is 0 Å². The van der Waals surface area contributed by atoms with E-state index in [-0.39, 0.29) is 24.2 Å². The van der Waals surface area contributed by atoms with E-state index >= 15 is 0 Å². The minimum atomic E-state index is -0.302. The lowest BCUT2D eigenvalue weighted by molar-refractivity contribution is -0.114. The van der Waals surface area contributed by atoms with Gasteiger partial charge >= 0.3 is 7.12 Å². The van der Waals surface area contributed by atoms with Crippen LogP contribution < -0.4 is 10.8 Å². The van der Waals surface area contributed by atoms with Crippen molar-refractivity contribution in [1.82, 2.24) is 0 Å². The summed E-state index contributed by atoms with van der Waals surface area (Å²) in [5, 5.41) is 2.75. The van der Waals surface area contributed by atoms with E-state index < -0.39 is 0 Å². The molecule has 2 fully saturated rings. The van der Waals surface area contributed by atoms with Gasteiger partial charge in [0.25, 0.3) is 0 Å². The fourth-order valence-corrected chi connectivity index (χ4v) is 2.76. The Labute approximate surface area is 113 Å². The summed E-state index contributed by atoms with van der Waals surface area (Å²) < 4.78 is 12.1. The summed E-state index contributed by atoms with van der Waals surface area (Å²) >= 11 is 0. The minimum absolute atomic E-state index is 0.0702. The van der Waals surface area contributed by atoms with Gasteiger partial charge in [0.2, 0.25) is 5.91 Å². The standard InChI is InChI=1S/C14H18BNO3/c1-10(17)16-12-6-4-11(5-7-12)15-18-13(2)8-9-14(13,3)19-15/h4-7H,8-9H2,1-3H3,(H,16,17). The number of benzene rings is 1. The molecule has 0 aromatic heterocycles. The first-order chi connectivity index (χ1) is 8.92. The average molecular weight is 259 g/mol. The Balaban J connectivity index is 1.75. The van der Waals surface area contributed by atoms with Crippen molar-refractivity contribution < 1.29 is 14.1 Å². The van der Waals surface area contributed by atoms with Crippen molar-refractivity contribution in [3.05, 3.63) is 24.3 Å². The molecule has 0 spiro atoms. The maximum atomic E-state index is 11.0. The summed E-state index contributed by atoms with van der Waals surface area (Å²) in [7, 11) is -0.302. The first-order valence-corrected chi connectivity index (χ1v) is 6.65. The number of nitrogens with one attached hydrogen (secondary N) is 1. The van der Waals surface area contributed by atoms with Gasteiger partial charge in [0, 0.05) is 12.6 Å². The molecule has 2 aliphatic rings. The lowest BCUT2D eigenvalue weighted by Crippen LogP contribution is -2.56. The largest absolute Gasteiger partial charge is 0.494 e. The van der Waals surface area contributed by atoms with Crippen LogP contribution in [0.1, 0.15) is 33.6 Å². The van der Waals surface area contributed by atoms with Crippen LogP contribution in [0.4, 0.5) is 5.69 Å². The molecule has 0 bridgehead atoms. The maximum Gasteiger partial charge on any atom is 0.494 e. The Morgan fingerprint density at radius 2 is 1.68 bits per heavy atom. The molecular formula is C14H18BNO3. The summed E-state index contributed by atoms with van der Waals surface area (Å²) in [6, 6.07) is 7.61. The number of hydrogen-bond donors (Lipinski definition) is 1. The minimum Gasteiger partial charge on any atom is -0.399 e. The Hall–Kier alpha value is -1.33. The molecule has 1 heterocycles. The fraction of sp³-hybridized carbons (Fsp3) is 0.500. The molecule has 19 heavy (non-hydrogen) atoms. The number of amides is 1. The molecule has 2 unspecified atom stereocenters. The molecule has 1 aromatic carbocycles. The molecule has 3 rings (SSSR count). The first-order valence-electron chi connectivity index (χ1n) is 6.65. The Bertz CT molecular complexity index is 500. The molecule has 1 aliphatic heterocycles. The number of carbonyl (C=O) groups excluding carboxylic acids is 1. The van der Waals surface area contributed by atoms with Crippen LogP contribution in [0.5, 0.6) is 0 Å². The van der Waals surface area contributed by atoms with Crippen LogP contribution in [0, 0.1) is 0 Å². The van der Waals surface area contributed by atoms with E-state index in [2.05, 4.69) is 19.2 Å². The summed E-state index contributed by atoms with van der Waals surface area (Å²) in [6.45, 7) is 5.72. The van der Waals surface area contributed by atoms with E-state index in [1.54, 1.807) is 0 Å². The Morgan fingerprint density at radius 1 is 1.16 bits per heavy atom. The summed E-state index contributed by atoms with van der Waals surface area (Å²) in [5.74, 6) is -0.0702. The average Bonchev–Trinajstić information content (AvgIpc) is 2.52. The zero-order valence-electron chi connectivity index (χ0n) is 11.5. The van der Waals surface area contributed by atoms with Crippen molar-refractivity contribution in [2.45, 2.75) is 44.8 Å². The lowest BCUT2D eigenvalue weighted by atomic mass is 9.68. The second-order valence-corrected chi connectivity index (χ2v) is 5.83. The van der Waals surface area contributed by atoms with Gasteiger partial charge in [-0.1, -0.05) is 12.1 Å². The number of fused-ring (bicyclic) bond motifs is 1. The molecule has 2 atom stereocenters. The van der Waals surface area contributed by atoms with Gasteiger partial charge in [-0.05, 0) is 44.3 Å². The Kier molecular flexibility index (Phi) is 2.73. The molecule has 100 valence electrons. The van der Waals surface area contributed by atoms with Crippen LogP contribution in [0.3, 0.4) is 0 Å². The smallest absolute Gasteiger partial charge is 0.399 e. The third-order valence-electron chi connectivity index (χ3n) is 4.44. The summed E-state index contributed by atoms with van der Waals surface area (Å²) in [5.41, 5.74) is 1.46. The predicted octanol–water partition coefficient (Wildman–Crippen LogP) is 1.70. The molecule has 0 radical (unpaired) electrons. The quantitative estimate of drug-likeness (QED) is 0.822. The summed E-state index contributed by atoms with van der Waals surface area (Å²) in [6.07, 6.45) is 2.09. The molecule has 1 amide bonds. The van der Waals surface area contributed by atoms with E-state index in [1.807, 2.05) is 24.3 Å².